The van der Waals surface area contributed by atoms with Crippen LogP contribution < -0.4 is 5.32 Å². The summed E-state index contributed by atoms with van der Waals surface area (Å²) >= 11 is 0. The molecule has 2 fully saturated rings. The second-order valence-corrected chi connectivity index (χ2v) is 5.60. The number of piperidine rings is 1. The highest BCUT2D eigenvalue weighted by molar-refractivity contribution is 5.82. The maximum Gasteiger partial charge on any atom is 0.239 e. The van der Waals surface area contributed by atoms with Gasteiger partial charge in [0.05, 0.1) is 12.1 Å². The van der Waals surface area contributed by atoms with Gasteiger partial charge >= 0.3 is 0 Å². The first-order chi connectivity index (χ1) is 8.09. The molecule has 17 heavy (non-hydrogen) atoms. The molecule has 3 atom stereocenters. The van der Waals surface area contributed by atoms with Gasteiger partial charge in [-0.2, -0.15) is 0 Å². The molecule has 1 amide bonds. The fraction of sp³-hybridized carbons (Fsp3) is 0.923. The summed E-state index contributed by atoms with van der Waals surface area (Å²) in [6, 6.07) is 0.0260. The molecular weight excluding hydrogens is 216 g/mol. The highest BCUT2D eigenvalue weighted by atomic mass is 16.3. The summed E-state index contributed by atoms with van der Waals surface area (Å²) in [5.41, 5.74) is 0. The number of aliphatic hydroxyl groups excluding tert-OH is 1. The Bertz CT molecular complexity index is 273. The molecule has 4 nitrogen and oxygen atoms in total. The molecule has 0 aliphatic carbocycles. The van der Waals surface area contributed by atoms with Gasteiger partial charge in [-0.3, -0.25) is 4.79 Å². The van der Waals surface area contributed by atoms with E-state index in [0.29, 0.717) is 11.8 Å². The standard InChI is InChI=1S/C13H24N2O2/c1-9-3-6-14-12(9)13(17)15-7-4-11(5-8-15)10(2)16/h9-12,14,16H,3-8H2,1-2H3. The average Bonchev–Trinajstić information content (AvgIpc) is 2.74. The zero-order chi connectivity index (χ0) is 12.4. The van der Waals surface area contributed by atoms with Crippen LogP contribution in [0.3, 0.4) is 0 Å². The number of amides is 1. The van der Waals surface area contributed by atoms with E-state index in [1.807, 2.05) is 11.8 Å². The van der Waals surface area contributed by atoms with Crippen molar-refractivity contribution < 1.29 is 9.90 Å². The maximum atomic E-state index is 12.3. The smallest absolute Gasteiger partial charge is 0.239 e. The molecule has 2 rings (SSSR count). The van der Waals surface area contributed by atoms with E-state index in [4.69, 9.17) is 0 Å². The van der Waals surface area contributed by atoms with Crippen molar-refractivity contribution >= 4 is 5.91 Å². The van der Waals surface area contributed by atoms with E-state index in [-0.39, 0.29) is 18.1 Å². The fourth-order valence-corrected chi connectivity index (χ4v) is 2.96. The largest absolute Gasteiger partial charge is 0.393 e. The van der Waals surface area contributed by atoms with Gasteiger partial charge in [0.25, 0.3) is 0 Å². The molecule has 0 aromatic heterocycles. The monoisotopic (exact) mass is 240 g/mol. The Kier molecular flexibility index (Phi) is 4.05. The highest BCUT2D eigenvalue weighted by Crippen LogP contribution is 2.23. The second kappa shape index (κ2) is 5.36. The minimum absolute atomic E-state index is 0.0260. The molecule has 4 heteroatoms. The molecule has 2 N–H and O–H groups in total. The van der Waals surface area contributed by atoms with E-state index in [0.717, 1.165) is 38.9 Å². The lowest BCUT2D eigenvalue weighted by Crippen LogP contribution is -2.49. The van der Waals surface area contributed by atoms with Crippen molar-refractivity contribution in [3.8, 4) is 0 Å². The van der Waals surface area contributed by atoms with E-state index >= 15 is 0 Å². The Hall–Kier alpha value is -0.610. The first-order valence-electron chi connectivity index (χ1n) is 6.80. The van der Waals surface area contributed by atoms with Crippen LogP contribution in [0.2, 0.25) is 0 Å². The van der Waals surface area contributed by atoms with Crippen LogP contribution in [0.5, 0.6) is 0 Å². The van der Waals surface area contributed by atoms with Gasteiger partial charge in [-0.15, -0.1) is 0 Å². The Balaban J connectivity index is 1.86. The minimum Gasteiger partial charge on any atom is -0.393 e. The zero-order valence-electron chi connectivity index (χ0n) is 10.9. The Morgan fingerprint density at radius 1 is 1.35 bits per heavy atom. The van der Waals surface area contributed by atoms with Crippen molar-refractivity contribution in [3.05, 3.63) is 0 Å². The van der Waals surface area contributed by atoms with Crippen LogP contribution in [0.4, 0.5) is 0 Å². The van der Waals surface area contributed by atoms with Crippen molar-refractivity contribution in [2.75, 3.05) is 19.6 Å². The van der Waals surface area contributed by atoms with Gasteiger partial charge in [0.15, 0.2) is 0 Å². The molecule has 2 saturated heterocycles. The van der Waals surface area contributed by atoms with Gasteiger partial charge < -0.3 is 15.3 Å². The first kappa shape index (κ1) is 12.8. The molecule has 3 unspecified atom stereocenters. The summed E-state index contributed by atoms with van der Waals surface area (Å²) in [6.07, 6.45) is 2.73. The third-order valence-corrected chi connectivity index (χ3v) is 4.33. The predicted octanol–water partition coefficient (Wildman–Crippen LogP) is 0.604. The molecular formula is C13H24N2O2. The second-order valence-electron chi connectivity index (χ2n) is 5.60. The van der Waals surface area contributed by atoms with Crippen LogP contribution in [0.15, 0.2) is 0 Å². The summed E-state index contributed by atoms with van der Waals surface area (Å²) in [6.45, 7) is 6.56. The molecule has 0 aromatic rings. The zero-order valence-corrected chi connectivity index (χ0v) is 10.9. The number of rotatable bonds is 2. The average molecular weight is 240 g/mol. The predicted molar refractivity (Wildman–Crippen MR) is 66.6 cm³/mol. The fourth-order valence-electron chi connectivity index (χ4n) is 2.96. The number of carbonyl (C=O) groups is 1. The molecule has 0 bridgehead atoms. The van der Waals surface area contributed by atoms with Crippen molar-refractivity contribution in [2.24, 2.45) is 11.8 Å². The topological polar surface area (TPSA) is 52.6 Å². The molecule has 0 aromatic carbocycles. The van der Waals surface area contributed by atoms with Crippen molar-refractivity contribution in [1.29, 1.82) is 0 Å². The van der Waals surface area contributed by atoms with Gasteiger partial charge in [0.1, 0.15) is 0 Å². The molecule has 2 aliphatic rings. The lowest BCUT2D eigenvalue weighted by atomic mass is 9.91. The summed E-state index contributed by atoms with van der Waals surface area (Å²) < 4.78 is 0. The third-order valence-electron chi connectivity index (χ3n) is 4.33. The normalized spacial score (nSPS) is 32.8. The number of aliphatic hydroxyl groups is 1. The van der Waals surface area contributed by atoms with E-state index in [1.54, 1.807) is 0 Å². The summed E-state index contributed by atoms with van der Waals surface area (Å²) in [5.74, 6) is 1.09. The molecule has 0 radical (unpaired) electrons. The maximum absolute atomic E-state index is 12.3. The number of nitrogens with zero attached hydrogens (tertiary/aromatic N) is 1. The number of hydrogen-bond donors (Lipinski definition) is 2. The molecule has 98 valence electrons. The van der Waals surface area contributed by atoms with Crippen molar-refractivity contribution in [2.45, 2.75) is 45.3 Å². The molecule has 0 spiro atoms. The Morgan fingerprint density at radius 2 is 2.00 bits per heavy atom. The van der Waals surface area contributed by atoms with E-state index in [9.17, 15) is 9.90 Å². The minimum atomic E-state index is -0.240. The van der Waals surface area contributed by atoms with E-state index < -0.39 is 0 Å². The summed E-state index contributed by atoms with van der Waals surface area (Å²) in [4.78, 5) is 14.3. The highest BCUT2D eigenvalue weighted by Gasteiger charge is 2.34. The van der Waals surface area contributed by atoms with Crippen LogP contribution in [0.1, 0.15) is 33.1 Å². The van der Waals surface area contributed by atoms with Gasteiger partial charge in [0, 0.05) is 13.1 Å². The summed E-state index contributed by atoms with van der Waals surface area (Å²) in [5, 5.41) is 12.8. The van der Waals surface area contributed by atoms with Crippen LogP contribution in [-0.4, -0.2) is 47.7 Å². The van der Waals surface area contributed by atoms with Crippen LogP contribution in [0, 0.1) is 11.8 Å². The number of likely N-dealkylation sites (tertiary alicyclic amines) is 1. The number of carbonyl (C=O) groups excluding carboxylic acids is 1. The summed E-state index contributed by atoms with van der Waals surface area (Å²) in [7, 11) is 0. The van der Waals surface area contributed by atoms with Gasteiger partial charge in [-0.25, -0.2) is 0 Å². The molecule has 2 aliphatic heterocycles. The Morgan fingerprint density at radius 3 is 2.47 bits per heavy atom. The van der Waals surface area contributed by atoms with Crippen LogP contribution in [-0.2, 0) is 4.79 Å². The Labute approximate surface area is 103 Å². The van der Waals surface area contributed by atoms with Gasteiger partial charge in [-0.1, -0.05) is 6.92 Å². The van der Waals surface area contributed by atoms with Crippen molar-refractivity contribution in [1.82, 2.24) is 10.2 Å². The van der Waals surface area contributed by atoms with Crippen molar-refractivity contribution in [3.63, 3.8) is 0 Å². The quantitative estimate of drug-likeness (QED) is 0.743. The number of hydrogen-bond acceptors (Lipinski definition) is 3. The van der Waals surface area contributed by atoms with Gasteiger partial charge in [0.2, 0.25) is 5.91 Å². The molecule has 2 heterocycles. The SMILES string of the molecule is CC(O)C1CCN(C(=O)C2NCCC2C)CC1. The number of nitrogens with one attached hydrogen (secondary N) is 1. The van der Waals surface area contributed by atoms with E-state index in [1.165, 1.54) is 0 Å². The lowest BCUT2D eigenvalue weighted by molar-refractivity contribution is -0.135. The first-order valence-corrected chi connectivity index (χ1v) is 6.80. The van der Waals surface area contributed by atoms with Crippen LogP contribution in [0.25, 0.3) is 0 Å². The molecule has 0 saturated carbocycles. The lowest BCUT2D eigenvalue weighted by Gasteiger charge is -2.35. The third kappa shape index (κ3) is 2.80. The van der Waals surface area contributed by atoms with Gasteiger partial charge in [-0.05, 0) is 44.6 Å². The van der Waals surface area contributed by atoms with Crippen LogP contribution >= 0.6 is 0 Å². The van der Waals surface area contributed by atoms with E-state index in [2.05, 4.69) is 12.2 Å².